The van der Waals surface area contributed by atoms with Crippen molar-refractivity contribution in [1.29, 1.82) is 0 Å². The summed E-state index contributed by atoms with van der Waals surface area (Å²) in [6, 6.07) is 13.4. The highest BCUT2D eigenvalue weighted by Gasteiger charge is 2.02. The van der Waals surface area contributed by atoms with Crippen molar-refractivity contribution in [3.05, 3.63) is 64.4 Å². The fourth-order valence-electron chi connectivity index (χ4n) is 1.81. The van der Waals surface area contributed by atoms with Crippen LogP contribution in [0.15, 0.2) is 47.4 Å². The Morgan fingerprint density at radius 2 is 2.00 bits per heavy atom. The summed E-state index contributed by atoms with van der Waals surface area (Å²) in [5, 5.41) is 3.48. The topological polar surface area (TPSA) is 12.0 Å². The van der Waals surface area contributed by atoms with E-state index in [1.54, 1.807) is 17.8 Å². The normalized spacial score (nSPS) is 10.8. The van der Waals surface area contributed by atoms with Crippen molar-refractivity contribution in [2.24, 2.45) is 0 Å². The molecule has 1 nitrogen and oxygen atoms in total. The van der Waals surface area contributed by atoms with Crippen LogP contribution in [0.5, 0.6) is 0 Å². The van der Waals surface area contributed by atoms with Gasteiger partial charge in [-0.3, -0.25) is 0 Å². The second-order valence-corrected chi connectivity index (χ2v) is 5.92. The molecule has 0 saturated carbocycles. The van der Waals surface area contributed by atoms with Gasteiger partial charge >= 0.3 is 0 Å². The highest BCUT2D eigenvalue weighted by atomic mass is 35.5. The zero-order valence-corrected chi connectivity index (χ0v) is 12.9. The van der Waals surface area contributed by atoms with E-state index < -0.39 is 0 Å². The van der Waals surface area contributed by atoms with Crippen molar-refractivity contribution >= 4 is 23.4 Å². The second-order valence-electron chi connectivity index (χ2n) is 4.46. The van der Waals surface area contributed by atoms with Crippen LogP contribution in [0.2, 0.25) is 5.02 Å². The number of benzene rings is 2. The van der Waals surface area contributed by atoms with Gasteiger partial charge in [-0.25, -0.2) is 4.39 Å². The maximum absolute atomic E-state index is 13.4. The molecule has 0 amide bonds. The quantitative estimate of drug-likeness (QED) is 0.763. The van der Waals surface area contributed by atoms with E-state index >= 15 is 0 Å². The Bertz CT molecular complexity index is 574. The van der Waals surface area contributed by atoms with Gasteiger partial charge in [0.15, 0.2) is 0 Å². The standard InChI is InChI=1S/C16H17ClFNS/c1-2-19-10-12-4-3-5-14(8-12)20-11-13-6-7-15(17)16(18)9-13/h3-9,19H,2,10-11H2,1H3. The number of hydrogen-bond acceptors (Lipinski definition) is 2. The van der Waals surface area contributed by atoms with Crippen LogP contribution in [0.4, 0.5) is 4.39 Å². The zero-order chi connectivity index (χ0) is 14.4. The van der Waals surface area contributed by atoms with Crippen molar-refractivity contribution in [2.45, 2.75) is 24.1 Å². The van der Waals surface area contributed by atoms with Crippen LogP contribution in [0, 0.1) is 5.82 Å². The van der Waals surface area contributed by atoms with Gasteiger partial charge in [0.25, 0.3) is 0 Å². The van der Waals surface area contributed by atoms with Crippen LogP contribution in [-0.4, -0.2) is 6.54 Å². The van der Waals surface area contributed by atoms with Gasteiger partial charge in [-0.1, -0.05) is 36.7 Å². The van der Waals surface area contributed by atoms with Crippen molar-refractivity contribution in [3.8, 4) is 0 Å². The SMILES string of the molecule is CCNCc1cccc(SCc2ccc(Cl)c(F)c2)c1. The average Bonchev–Trinajstić information content (AvgIpc) is 2.47. The van der Waals surface area contributed by atoms with Crippen molar-refractivity contribution in [2.75, 3.05) is 6.54 Å². The molecule has 0 atom stereocenters. The van der Waals surface area contributed by atoms with Crippen LogP contribution in [0.25, 0.3) is 0 Å². The molecule has 0 fully saturated rings. The summed E-state index contributed by atoms with van der Waals surface area (Å²) in [5.74, 6) is 0.379. The molecule has 2 rings (SSSR count). The van der Waals surface area contributed by atoms with Crippen LogP contribution in [-0.2, 0) is 12.3 Å². The molecule has 0 aliphatic rings. The largest absolute Gasteiger partial charge is 0.313 e. The fourth-order valence-corrected chi connectivity index (χ4v) is 2.85. The van der Waals surface area contributed by atoms with Gasteiger partial charge in [-0.15, -0.1) is 11.8 Å². The molecule has 0 aliphatic carbocycles. The lowest BCUT2D eigenvalue weighted by atomic mass is 10.2. The highest BCUT2D eigenvalue weighted by molar-refractivity contribution is 7.98. The number of nitrogens with one attached hydrogen (secondary N) is 1. The van der Waals surface area contributed by atoms with E-state index in [2.05, 4.69) is 36.5 Å². The first-order valence-electron chi connectivity index (χ1n) is 6.55. The fraction of sp³-hybridized carbons (Fsp3) is 0.250. The molecule has 0 saturated heterocycles. The summed E-state index contributed by atoms with van der Waals surface area (Å²) in [7, 11) is 0. The molecule has 0 radical (unpaired) electrons. The van der Waals surface area contributed by atoms with Gasteiger partial charge < -0.3 is 5.32 Å². The first kappa shape index (κ1) is 15.4. The Kier molecular flexibility index (Phi) is 5.89. The lowest BCUT2D eigenvalue weighted by molar-refractivity contribution is 0.627. The van der Waals surface area contributed by atoms with E-state index in [0.717, 1.165) is 24.4 Å². The third-order valence-corrected chi connectivity index (χ3v) is 4.24. The molecule has 4 heteroatoms. The Labute approximate surface area is 128 Å². The van der Waals surface area contributed by atoms with Crippen LogP contribution in [0.3, 0.4) is 0 Å². The minimum Gasteiger partial charge on any atom is -0.313 e. The van der Waals surface area contributed by atoms with E-state index in [-0.39, 0.29) is 10.8 Å². The average molecular weight is 310 g/mol. The maximum Gasteiger partial charge on any atom is 0.142 e. The third-order valence-electron chi connectivity index (χ3n) is 2.87. The summed E-state index contributed by atoms with van der Waals surface area (Å²) >= 11 is 7.38. The summed E-state index contributed by atoms with van der Waals surface area (Å²) in [4.78, 5) is 1.19. The van der Waals surface area contributed by atoms with Gasteiger partial charge in [0.1, 0.15) is 5.82 Å². The van der Waals surface area contributed by atoms with Crippen LogP contribution < -0.4 is 5.32 Å². The van der Waals surface area contributed by atoms with E-state index in [1.165, 1.54) is 16.5 Å². The predicted octanol–water partition coefficient (Wildman–Crippen LogP) is 4.88. The molecule has 0 spiro atoms. The molecule has 0 unspecified atom stereocenters. The smallest absolute Gasteiger partial charge is 0.142 e. The molecular weight excluding hydrogens is 293 g/mol. The summed E-state index contributed by atoms with van der Waals surface area (Å²) < 4.78 is 13.4. The van der Waals surface area contributed by atoms with Gasteiger partial charge in [0, 0.05) is 17.2 Å². The molecule has 0 aliphatic heterocycles. The molecule has 2 aromatic carbocycles. The predicted molar refractivity (Wildman–Crippen MR) is 84.8 cm³/mol. The molecule has 1 N–H and O–H groups in total. The Hall–Kier alpha value is -1.03. The number of thioether (sulfide) groups is 1. The first-order chi connectivity index (χ1) is 9.69. The molecule has 2 aromatic rings. The molecule has 106 valence electrons. The summed E-state index contributed by atoms with van der Waals surface area (Å²) in [5.41, 5.74) is 2.20. The van der Waals surface area contributed by atoms with E-state index in [4.69, 9.17) is 11.6 Å². The monoisotopic (exact) mass is 309 g/mol. The minimum atomic E-state index is -0.356. The number of halogens is 2. The van der Waals surface area contributed by atoms with E-state index in [9.17, 15) is 4.39 Å². The molecule has 0 heterocycles. The third kappa shape index (κ3) is 4.51. The van der Waals surface area contributed by atoms with Gasteiger partial charge in [0.2, 0.25) is 0 Å². The summed E-state index contributed by atoms with van der Waals surface area (Å²) in [6.45, 7) is 3.93. The van der Waals surface area contributed by atoms with Gasteiger partial charge in [0.05, 0.1) is 5.02 Å². The highest BCUT2D eigenvalue weighted by Crippen LogP contribution is 2.25. The van der Waals surface area contributed by atoms with Gasteiger partial charge in [-0.05, 0) is 41.9 Å². The van der Waals surface area contributed by atoms with Crippen molar-refractivity contribution < 1.29 is 4.39 Å². The summed E-state index contributed by atoms with van der Waals surface area (Å²) in [6.07, 6.45) is 0. The maximum atomic E-state index is 13.4. The van der Waals surface area contributed by atoms with Crippen LogP contribution in [0.1, 0.15) is 18.1 Å². The molecule has 0 bridgehead atoms. The first-order valence-corrected chi connectivity index (χ1v) is 7.92. The second kappa shape index (κ2) is 7.67. The van der Waals surface area contributed by atoms with Crippen LogP contribution >= 0.6 is 23.4 Å². The Morgan fingerprint density at radius 3 is 2.75 bits per heavy atom. The lowest BCUT2D eigenvalue weighted by Crippen LogP contribution is -2.11. The molecule has 0 aromatic heterocycles. The molecule has 20 heavy (non-hydrogen) atoms. The van der Waals surface area contributed by atoms with Gasteiger partial charge in [-0.2, -0.15) is 0 Å². The van der Waals surface area contributed by atoms with E-state index in [0.29, 0.717) is 0 Å². The Morgan fingerprint density at radius 1 is 1.15 bits per heavy atom. The minimum absolute atomic E-state index is 0.173. The lowest BCUT2D eigenvalue weighted by Gasteiger charge is -2.06. The molecular formula is C16H17ClFNS. The van der Waals surface area contributed by atoms with E-state index in [1.807, 2.05) is 6.07 Å². The zero-order valence-electron chi connectivity index (χ0n) is 11.3. The van der Waals surface area contributed by atoms with Crippen molar-refractivity contribution in [3.63, 3.8) is 0 Å². The number of hydrogen-bond donors (Lipinski definition) is 1. The Balaban J connectivity index is 1.97. The van der Waals surface area contributed by atoms with Crippen molar-refractivity contribution in [1.82, 2.24) is 5.32 Å². The number of rotatable bonds is 6.